The Bertz CT molecular complexity index is 531. The largest absolute Gasteiger partial charge is 0.479 e. The molecular formula is C14H23NO4S2Si. The number of aliphatic carboxylic acids is 1. The van der Waals surface area contributed by atoms with Gasteiger partial charge in [-0.15, -0.1) is 0 Å². The number of thioether (sulfide) groups is 1. The van der Waals surface area contributed by atoms with Crippen molar-refractivity contribution in [1.82, 2.24) is 4.90 Å². The number of amides is 1. The number of β-lactam (4-membered cyclic amide) rings is 1. The van der Waals surface area contributed by atoms with E-state index >= 15 is 0 Å². The molecule has 8 heteroatoms. The standard InChI is InChI=1S/C14H23NO4S2Si/c1-7(19-22(5,6)14(2,3)4)8-10(16)15-9(12(17)18)13(20)21-11(8)15/h7-9,11H,1-6H3,(H,17,18)/t7-,8+,9?,11?/m0/s1. The number of carbonyl (C=O) groups is 2. The average molecular weight is 362 g/mol. The summed E-state index contributed by atoms with van der Waals surface area (Å²) in [6.45, 7) is 12.7. The summed E-state index contributed by atoms with van der Waals surface area (Å²) in [6.07, 6.45) is -0.225. The lowest BCUT2D eigenvalue weighted by Crippen LogP contribution is -2.65. The van der Waals surface area contributed by atoms with E-state index in [0.717, 1.165) is 0 Å². The highest BCUT2D eigenvalue weighted by atomic mass is 32.2. The highest BCUT2D eigenvalue weighted by Crippen LogP contribution is 2.48. The third kappa shape index (κ3) is 2.74. The van der Waals surface area contributed by atoms with Crippen LogP contribution in [0.4, 0.5) is 0 Å². The van der Waals surface area contributed by atoms with Crippen LogP contribution in [0.3, 0.4) is 0 Å². The van der Waals surface area contributed by atoms with Gasteiger partial charge in [-0.2, -0.15) is 0 Å². The van der Waals surface area contributed by atoms with E-state index in [0.29, 0.717) is 4.20 Å². The first-order chi connectivity index (χ1) is 9.88. The molecule has 2 rings (SSSR count). The molecular weight excluding hydrogens is 338 g/mol. The Morgan fingerprint density at radius 3 is 2.45 bits per heavy atom. The number of fused-ring (bicyclic) bond motifs is 1. The minimum absolute atomic E-state index is 0.0649. The summed E-state index contributed by atoms with van der Waals surface area (Å²) in [4.78, 5) is 25.1. The lowest BCUT2D eigenvalue weighted by Gasteiger charge is -2.48. The molecule has 0 saturated carbocycles. The van der Waals surface area contributed by atoms with Crippen molar-refractivity contribution in [3.63, 3.8) is 0 Å². The van der Waals surface area contributed by atoms with Crippen molar-refractivity contribution in [2.45, 2.75) is 63.3 Å². The molecule has 2 heterocycles. The molecule has 1 N–H and O–H groups in total. The summed E-state index contributed by atoms with van der Waals surface area (Å²) in [7, 11) is -1.97. The minimum Gasteiger partial charge on any atom is -0.479 e. The van der Waals surface area contributed by atoms with Crippen LogP contribution < -0.4 is 0 Å². The van der Waals surface area contributed by atoms with Gasteiger partial charge in [0.2, 0.25) is 5.91 Å². The van der Waals surface area contributed by atoms with E-state index in [1.165, 1.54) is 16.7 Å². The van der Waals surface area contributed by atoms with Gasteiger partial charge in [0, 0.05) is 0 Å². The van der Waals surface area contributed by atoms with Gasteiger partial charge in [-0.1, -0.05) is 44.8 Å². The minimum atomic E-state index is -1.97. The van der Waals surface area contributed by atoms with E-state index in [2.05, 4.69) is 33.9 Å². The molecule has 22 heavy (non-hydrogen) atoms. The van der Waals surface area contributed by atoms with E-state index in [4.69, 9.17) is 16.6 Å². The molecule has 0 radical (unpaired) electrons. The summed E-state index contributed by atoms with van der Waals surface area (Å²) in [5.74, 6) is -1.51. The van der Waals surface area contributed by atoms with Crippen LogP contribution in [0.5, 0.6) is 0 Å². The Kier molecular flexibility index (Phi) is 4.54. The van der Waals surface area contributed by atoms with Crippen LogP contribution in [-0.2, 0) is 14.0 Å². The van der Waals surface area contributed by atoms with Crippen LogP contribution in [-0.4, -0.2) is 51.9 Å². The van der Waals surface area contributed by atoms with E-state index in [1.807, 2.05) is 6.92 Å². The van der Waals surface area contributed by atoms with Crippen molar-refractivity contribution >= 4 is 48.4 Å². The lowest BCUT2D eigenvalue weighted by molar-refractivity contribution is -0.164. The molecule has 2 fully saturated rings. The van der Waals surface area contributed by atoms with Crippen LogP contribution >= 0.6 is 24.0 Å². The quantitative estimate of drug-likeness (QED) is 0.472. The van der Waals surface area contributed by atoms with Gasteiger partial charge >= 0.3 is 5.97 Å². The van der Waals surface area contributed by atoms with Gasteiger partial charge < -0.3 is 14.4 Å². The van der Waals surface area contributed by atoms with Gasteiger partial charge in [-0.3, -0.25) is 4.79 Å². The fourth-order valence-electron chi connectivity index (χ4n) is 2.58. The molecule has 0 aromatic heterocycles. The molecule has 124 valence electrons. The second kappa shape index (κ2) is 5.57. The number of carbonyl (C=O) groups excluding carboxylic acids is 1. The maximum atomic E-state index is 12.4. The maximum absolute atomic E-state index is 12.4. The Morgan fingerprint density at radius 2 is 2.00 bits per heavy atom. The van der Waals surface area contributed by atoms with Crippen molar-refractivity contribution in [3.8, 4) is 0 Å². The van der Waals surface area contributed by atoms with Gasteiger partial charge in [0.1, 0.15) is 0 Å². The van der Waals surface area contributed by atoms with Crippen molar-refractivity contribution in [2.24, 2.45) is 5.92 Å². The topological polar surface area (TPSA) is 66.8 Å². The van der Waals surface area contributed by atoms with Gasteiger partial charge in [0.15, 0.2) is 14.4 Å². The fourth-order valence-corrected chi connectivity index (χ4v) is 5.92. The number of rotatable bonds is 4. The van der Waals surface area contributed by atoms with Gasteiger partial charge in [-0.25, -0.2) is 4.79 Å². The molecule has 4 atom stereocenters. The van der Waals surface area contributed by atoms with Crippen LogP contribution in [0, 0.1) is 5.92 Å². The molecule has 0 bridgehead atoms. The van der Waals surface area contributed by atoms with Crippen LogP contribution in [0.1, 0.15) is 27.7 Å². The second-order valence-electron chi connectivity index (χ2n) is 7.42. The molecule has 2 aliphatic rings. The Labute approximate surface area is 141 Å². The summed E-state index contributed by atoms with van der Waals surface area (Å²) in [5, 5.41) is 9.09. The first kappa shape index (κ1) is 17.9. The SMILES string of the molecule is C[C@H](O[Si](C)(C)C(C)(C)C)[C@@H]1C(=O)N2C(C(=O)O)C(=S)SC12. The van der Waals surface area contributed by atoms with Crippen LogP contribution in [0.25, 0.3) is 0 Å². The van der Waals surface area contributed by atoms with E-state index in [1.54, 1.807) is 0 Å². The van der Waals surface area contributed by atoms with Crippen LogP contribution in [0.2, 0.25) is 18.1 Å². The predicted octanol–water partition coefficient (Wildman–Crippen LogP) is 2.71. The van der Waals surface area contributed by atoms with Crippen molar-refractivity contribution in [2.75, 3.05) is 0 Å². The molecule has 0 aromatic rings. The fraction of sp³-hybridized carbons (Fsp3) is 0.786. The number of hydrogen-bond donors (Lipinski definition) is 1. The molecule has 2 saturated heterocycles. The first-order valence-corrected chi connectivity index (χ1v) is 11.5. The Morgan fingerprint density at radius 1 is 1.45 bits per heavy atom. The molecule has 1 amide bonds. The zero-order chi connectivity index (χ0) is 17.0. The number of carboxylic acids is 1. The van der Waals surface area contributed by atoms with E-state index < -0.39 is 20.3 Å². The predicted molar refractivity (Wildman–Crippen MR) is 93.5 cm³/mol. The van der Waals surface area contributed by atoms with Gasteiger partial charge in [-0.05, 0) is 25.1 Å². The monoisotopic (exact) mass is 361 g/mol. The number of thiocarbonyl (C=S) groups is 1. The summed E-state index contributed by atoms with van der Waals surface area (Å²) < 4.78 is 6.67. The molecule has 0 aromatic carbocycles. The van der Waals surface area contributed by atoms with E-state index in [9.17, 15) is 14.7 Å². The van der Waals surface area contributed by atoms with Gasteiger partial charge in [0.25, 0.3) is 0 Å². The Balaban J connectivity index is 2.12. The Hall–Kier alpha value is -0.443. The lowest BCUT2D eigenvalue weighted by atomic mass is 9.91. The van der Waals surface area contributed by atoms with Crippen molar-refractivity contribution < 1.29 is 19.1 Å². The average Bonchev–Trinajstić information content (AvgIpc) is 2.60. The number of carboxylic acid groups (broad SMARTS) is 1. The second-order valence-corrected chi connectivity index (χ2v) is 14.0. The highest BCUT2D eigenvalue weighted by Gasteiger charge is 2.61. The third-order valence-electron chi connectivity index (χ3n) is 4.89. The first-order valence-electron chi connectivity index (χ1n) is 7.32. The summed E-state index contributed by atoms with van der Waals surface area (Å²) in [6, 6.07) is -0.964. The molecule has 5 nitrogen and oxygen atoms in total. The number of nitrogens with zero attached hydrogens (tertiary/aromatic N) is 1. The zero-order valence-corrected chi connectivity index (χ0v) is 16.4. The molecule has 0 aliphatic carbocycles. The van der Waals surface area contributed by atoms with Gasteiger partial charge in [0.05, 0.1) is 21.6 Å². The smallest absolute Gasteiger partial charge is 0.332 e. The van der Waals surface area contributed by atoms with E-state index in [-0.39, 0.29) is 28.3 Å². The van der Waals surface area contributed by atoms with Crippen LogP contribution in [0.15, 0.2) is 0 Å². The normalized spacial score (nSPS) is 30.1. The molecule has 0 spiro atoms. The van der Waals surface area contributed by atoms with Crippen molar-refractivity contribution in [3.05, 3.63) is 0 Å². The van der Waals surface area contributed by atoms with Crippen molar-refractivity contribution in [1.29, 1.82) is 0 Å². The molecule has 2 aliphatic heterocycles. The summed E-state index contributed by atoms with van der Waals surface area (Å²) >= 11 is 6.44. The summed E-state index contributed by atoms with van der Waals surface area (Å²) in [5.41, 5.74) is 0. The highest BCUT2D eigenvalue weighted by molar-refractivity contribution is 8.24. The maximum Gasteiger partial charge on any atom is 0.332 e. The zero-order valence-electron chi connectivity index (χ0n) is 13.7. The molecule has 2 unspecified atom stereocenters. The third-order valence-corrected chi connectivity index (χ3v) is 11.2. The number of hydrogen-bond acceptors (Lipinski definition) is 5.